The van der Waals surface area contributed by atoms with Crippen LogP contribution in [0.1, 0.15) is 29.8 Å². The van der Waals surface area contributed by atoms with E-state index in [0.717, 1.165) is 5.56 Å². The Labute approximate surface area is 135 Å². The van der Waals surface area contributed by atoms with Crippen molar-refractivity contribution in [2.75, 3.05) is 6.61 Å². The second kappa shape index (κ2) is 7.85. The highest BCUT2D eigenvalue weighted by Crippen LogP contribution is 2.19. The van der Waals surface area contributed by atoms with E-state index >= 15 is 0 Å². The van der Waals surface area contributed by atoms with E-state index in [1.54, 1.807) is 24.3 Å². The van der Waals surface area contributed by atoms with Crippen molar-refractivity contribution in [3.8, 4) is 5.75 Å². The summed E-state index contributed by atoms with van der Waals surface area (Å²) in [6.45, 7) is 4.80. The zero-order valence-corrected chi connectivity index (χ0v) is 13.5. The van der Waals surface area contributed by atoms with Gasteiger partial charge in [0.15, 0.2) is 0 Å². The van der Waals surface area contributed by atoms with Gasteiger partial charge in [-0.1, -0.05) is 43.6 Å². The topological polar surface area (TPSA) is 35.5 Å². The van der Waals surface area contributed by atoms with E-state index in [2.05, 4.69) is 0 Å². The third-order valence-corrected chi connectivity index (χ3v) is 3.36. The molecule has 3 nitrogen and oxygen atoms in total. The first-order valence-corrected chi connectivity index (χ1v) is 7.57. The average molecular weight is 319 g/mol. The van der Waals surface area contributed by atoms with Crippen LogP contribution in [0.25, 0.3) is 0 Å². The third-order valence-electron chi connectivity index (χ3n) is 2.99. The monoisotopic (exact) mass is 318 g/mol. The van der Waals surface area contributed by atoms with Crippen molar-refractivity contribution < 1.29 is 14.3 Å². The molecule has 0 saturated heterocycles. The maximum absolute atomic E-state index is 11.8. The molecule has 0 saturated carbocycles. The molecule has 2 rings (SSSR count). The predicted octanol–water partition coefficient (Wildman–Crippen LogP) is 4.73. The molecule has 0 aliphatic rings. The van der Waals surface area contributed by atoms with Crippen LogP contribution in [-0.2, 0) is 11.3 Å². The first kappa shape index (κ1) is 16.4. The molecule has 0 atom stereocenters. The van der Waals surface area contributed by atoms with Gasteiger partial charge in [0, 0.05) is 10.6 Å². The van der Waals surface area contributed by atoms with Crippen LogP contribution < -0.4 is 4.74 Å². The summed E-state index contributed by atoms with van der Waals surface area (Å²) in [5.41, 5.74) is 1.44. The smallest absolute Gasteiger partial charge is 0.338 e. The van der Waals surface area contributed by atoms with Gasteiger partial charge in [-0.2, -0.15) is 0 Å². The lowest BCUT2D eigenvalue weighted by molar-refractivity contribution is 0.0459. The van der Waals surface area contributed by atoms with Gasteiger partial charge in [-0.25, -0.2) is 4.79 Å². The van der Waals surface area contributed by atoms with Gasteiger partial charge in [0.25, 0.3) is 0 Å². The zero-order chi connectivity index (χ0) is 15.9. The van der Waals surface area contributed by atoms with Gasteiger partial charge in [0.2, 0.25) is 0 Å². The molecule has 0 unspecified atom stereocenters. The van der Waals surface area contributed by atoms with Crippen LogP contribution in [0.5, 0.6) is 5.75 Å². The minimum Gasteiger partial charge on any atom is -0.489 e. The van der Waals surface area contributed by atoms with Gasteiger partial charge in [0.05, 0.1) is 12.2 Å². The van der Waals surface area contributed by atoms with Crippen LogP contribution in [0.4, 0.5) is 0 Å². The Bertz CT molecular complexity index is 620. The first-order valence-electron chi connectivity index (χ1n) is 7.19. The van der Waals surface area contributed by atoms with Crippen molar-refractivity contribution in [3.63, 3.8) is 0 Å². The Balaban J connectivity index is 1.92. The van der Waals surface area contributed by atoms with Gasteiger partial charge >= 0.3 is 5.97 Å². The highest BCUT2D eigenvalue weighted by atomic mass is 35.5. The van der Waals surface area contributed by atoms with Gasteiger partial charge in [-0.3, -0.25) is 0 Å². The van der Waals surface area contributed by atoms with E-state index in [1.807, 2.05) is 38.1 Å². The van der Waals surface area contributed by atoms with Crippen molar-refractivity contribution in [3.05, 3.63) is 64.7 Å². The van der Waals surface area contributed by atoms with Crippen LogP contribution in [0.2, 0.25) is 5.02 Å². The van der Waals surface area contributed by atoms with Crippen LogP contribution >= 0.6 is 11.6 Å². The lowest BCUT2D eigenvalue weighted by Crippen LogP contribution is -2.10. The summed E-state index contributed by atoms with van der Waals surface area (Å²) in [4.78, 5) is 11.8. The number of ether oxygens (including phenoxy) is 2. The van der Waals surface area contributed by atoms with Gasteiger partial charge in [-0.15, -0.1) is 0 Å². The van der Waals surface area contributed by atoms with Gasteiger partial charge < -0.3 is 9.47 Å². The highest BCUT2D eigenvalue weighted by molar-refractivity contribution is 6.31. The molecule has 4 heteroatoms. The Hall–Kier alpha value is -2.00. The summed E-state index contributed by atoms with van der Waals surface area (Å²) in [5, 5.41) is 0.677. The number of rotatable bonds is 6. The van der Waals surface area contributed by atoms with Crippen LogP contribution in [0, 0.1) is 5.92 Å². The lowest BCUT2D eigenvalue weighted by Gasteiger charge is -2.09. The van der Waals surface area contributed by atoms with Crippen molar-refractivity contribution in [1.29, 1.82) is 0 Å². The van der Waals surface area contributed by atoms with Crippen LogP contribution in [0.3, 0.4) is 0 Å². The first-order chi connectivity index (χ1) is 10.6. The lowest BCUT2D eigenvalue weighted by atomic mass is 10.2. The summed E-state index contributed by atoms with van der Waals surface area (Å²) < 4.78 is 10.8. The molecular formula is C18H19ClO3. The van der Waals surface area contributed by atoms with Crippen molar-refractivity contribution in [2.45, 2.75) is 20.5 Å². The summed E-state index contributed by atoms with van der Waals surface area (Å²) in [5.74, 6) is 0.689. The van der Waals surface area contributed by atoms with E-state index in [-0.39, 0.29) is 5.97 Å². The third kappa shape index (κ3) is 4.78. The average Bonchev–Trinajstić information content (AvgIpc) is 2.52. The maximum Gasteiger partial charge on any atom is 0.338 e. The fraction of sp³-hybridized carbons (Fsp3) is 0.278. The molecule has 0 amide bonds. The Morgan fingerprint density at radius 3 is 2.41 bits per heavy atom. The molecule has 0 radical (unpaired) electrons. The molecule has 2 aromatic carbocycles. The molecule has 116 valence electrons. The van der Waals surface area contributed by atoms with Crippen LogP contribution in [0.15, 0.2) is 48.5 Å². The second-order valence-electron chi connectivity index (χ2n) is 5.40. The molecule has 22 heavy (non-hydrogen) atoms. The predicted molar refractivity (Wildman–Crippen MR) is 87.3 cm³/mol. The van der Waals surface area contributed by atoms with Gasteiger partial charge in [0.1, 0.15) is 12.4 Å². The molecule has 0 bridgehead atoms. The normalized spacial score (nSPS) is 10.5. The molecule has 0 spiro atoms. The molecule has 0 fully saturated rings. The Morgan fingerprint density at radius 2 is 1.77 bits per heavy atom. The summed E-state index contributed by atoms with van der Waals surface area (Å²) in [7, 11) is 0. The number of hydrogen-bond donors (Lipinski definition) is 0. The molecule has 2 aromatic rings. The summed E-state index contributed by atoms with van der Waals surface area (Å²) in [6.07, 6.45) is 0. The highest BCUT2D eigenvalue weighted by Gasteiger charge is 2.08. The number of carbonyl (C=O) groups excluding carboxylic acids is 1. The van der Waals surface area contributed by atoms with Crippen molar-refractivity contribution >= 4 is 17.6 Å². The van der Waals surface area contributed by atoms with E-state index in [0.29, 0.717) is 35.5 Å². The zero-order valence-electron chi connectivity index (χ0n) is 12.7. The fourth-order valence-electron chi connectivity index (χ4n) is 1.79. The fourth-order valence-corrected chi connectivity index (χ4v) is 1.98. The van der Waals surface area contributed by atoms with Crippen molar-refractivity contribution in [1.82, 2.24) is 0 Å². The maximum atomic E-state index is 11.8. The van der Waals surface area contributed by atoms with Gasteiger partial charge in [-0.05, 0) is 36.2 Å². The standard InChI is InChI=1S/C18H19ClO3/c1-13(2)11-22-18(20)14-7-9-16(10-8-14)21-12-15-5-3-4-6-17(15)19/h3-10,13H,11-12H2,1-2H3. The summed E-state index contributed by atoms with van der Waals surface area (Å²) >= 11 is 6.08. The molecule has 0 N–H and O–H groups in total. The minimum absolute atomic E-state index is 0.314. The number of esters is 1. The van der Waals surface area contributed by atoms with E-state index in [1.165, 1.54) is 0 Å². The largest absolute Gasteiger partial charge is 0.489 e. The molecule has 0 aromatic heterocycles. The number of carbonyl (C=O) groups is 1. The van der Waals surface area contributed by atoms with E-state index < -0.39 is 0 Å². The Morgan fingerprint density at radius 1 is 1.09 bits per heavy atom. The molecule has 0 heterocycles. The second-order valence-corrected chi connectivity index (χ2v) is 5.80. The Kier molecular flexibility index (Phi) is 5.84. The quantitative estimate of drug-likeness (QED) is 0.722. The molecular weight excluding hydrogens is 300 g/mol. The number of hydrogen-bond acceptors (Lipinski definition) is 3. The van der Waals surface area contributed by atoms with E-state index in [4.69, 9.17) is 21.1 Å². The number of halogens is 1. The van der Waals surface area contributed by atoms with E-state index in [9.17, 15) is 4.79 Å². The van der Waals surface area contributed by atoms with Crippen molar-refractivity contribution in [2.24, 2.45) is 5.92 Å². The minimum atomic E-state index is -0.314. The molecule has 0 aliphatic heterocycles. The summed E-state index contributed by atoms with van der Waals surface area (Å²) in [6, 6.07) is 14.4. The molecule has 0 aliphatic carbocycles. The SMILES string of the molecule is CC(C)COC(=O)c1ccc(OCc2ccccc2Cl)cc1. The number of benzene rings is 2. The van der Waals surface area contributed by atoms with Crippen LogP contribution in [-0.4, -0.2) is 12.6 Å².